The molecule has 4 aliphatic carbocycles. The number of nitrogens with zero attached hydrogens (tertiary/aromatic N) is 9. The fourth-order valence-corrected chi connectivity index (χ4v) is 22.0. The number of imide groups is 1. The Kier molecular flexibility index (Phi) is 40.9. The van der Waals surface area contributed by atoms with Gasteiger partial charge >= 0.3 is 0 Å². The Hall–Kier alpha value is -11.6. The monoisotopic (exact) mass is 2080 g/mol. The molecule has 30 heteroatoms. The fraction of sp³-hybridized carbons (Fsp3) is 0.461. The summed E-state index contributed by atoms with van der Waals surface area (Å²) in [6, 6.07) is 50.0. The van der Waals surface area contributed by atoms with Crippen LogP contribution in [0.15, 0.2) is 208 Å². The summed E-state index contributed by atoms with van der Waals surface area (Å²) in [4.78, 5) is 144. The number of Topliss-reactive ketones (excluding diaryl/α,β-unsaturated/α-hetero) is 1. The molecule has 7 aromatic carbocycles. The SMILES string of the molecule is C=C1C/C(=C\c2ccc(C(C)C)cc2)C(=O)N1CN1CCCCC1.CCN(CC)C1CC(=O)N(c2cccc(C)c2)C1=O.CNC(=O)c1cc2c(cc1C(=O)NC[C@@H](C)NCC1=C(Cl)CC(Cl)=C1Br)CN(C(=O)CCC1CCN(C)CC1)C2.COc1ccc(CN(C(=O)c2ccccn2)C(C(=O)NC2CCCCC2)c2ccc3cc(OCC(C)=O)ccc3c2)cc1.O=[N+]([O-])c1ccc(CCNC2CC3CCC2C3)cc1. The van der Waals surface area contributed by atoms with E-state index in [-0.39, 0.29) is 107 Å². The normalized spacial score (nSPS) is 19.2. The maximum absolute atomic E-state index is 14.2. The summed E-state index contributed by atoms with van der Waals surface area (Å²) in [7, 11) is 5.29. The molecule has 27 nitrogen and oxygen atoms in total. The molecule has 5 unspecified atom stereocenters. The van der Waals surface area contributed by atoms with Gasteiger partial charge < -0.3 is 50.8 Å². The van der Waals surface area contributed by atoms with Gasteiger partial charge in [0.1, 0.15) is 29.8 Å². The molecule has 8 amide bonds. The smallest absolute Gasteiger partial charge is 0.273 e. The maximum Gasteiger partial charge on any atom is 0.273 e. The maximum atomic E-state index is 14.2. The Balaban J connectivity index is 0.000000158. The number of anilines is 1. The van der Waals surface area contributed by atoms with Crippen LogP contribution in [-0.4, -0.2) is 210 Å². The number of amides is 8. The van der Waals surface area contributed by atoms with E-state index >= 15 is 0 Å². The third-order valence-corrected chi connectivity index (χ3v) is 31.1. The molecular formula is C115H143BrCl2N14O13. The quantitative estimate of drug-likeness (QED) is 0.0108. The summed E-state index contributed by atoms with van der Waals surface area (Å²) in [5, 5.41) is 29.6. The van der Waals surface area contributed by atoms with Crippen LogP contribution >= 0.6 is 39.1 Å². The van der Waals surface area contributed by atoms with E-state index in [0.717, 1.165) is 175 Å². The summed E-state index contributed by atoms with van der Waals surface area (Å²) >= 11 is 16.0. The molecule has 3 saturated carbocycles. The number of pyridine rings is 1. The molecule has 9 aliphatic rings. The number of likely N-dealkylation sites (tertiary alicyclic amines) is 3. The predicted molar refractivity (Wildman–Crippen MR) is 576 cm³/mol. The highest BCUT2D eigenvalue weighted by molar-refractivity contribution is 9.12. The number of non-ortho nitro benzene ring substituents is 1. The second-order valence-corrected chi connectivity index (χ2v) is 41.8. The van der Waals surface area contributed by atoms with Crippen molar-refractivity contribution >= 4 is 120 Å². The summed E-state index contributed by atoms with van der Waals surface area (Å²) < 4.78 is 11.7. The van der Waals surface area contributed by atoms with Crippen molar-refractivity contribution < 1.29 is 57.5 Å². The number of benzene rings is 7. The second kappa shape index (κ2) is 53.7. The van der Waals surface area contributed by atoms with Gasteiger partial charge in [-0.05, 0) is 318 Å². The van der Waals surface area contributed by atoms with Crippen LogP contribution < -0.4 is 41.0 Å². The molecule has 17 rings (SSSR count). The molecule has 5 aliphatic heterocycles. The number of ether oxygens (including phenoxy) is 2. The molecule has 0 radical (unpaired) electrons. The number of carbonyl (C=O) groups is 9. The molecule has 1 aromatic heterocycles. The minimum Gasteiger partial charge on any atom is -0.497 e. The third-order valence-electron chi connectivity index (χ3n) is 29.2. The number of allylic oxidation sites excluding steroid dienone is 3. The van der Waals surface area contributed by atoms with Crippen molar-refractivity contribution in [2.75, 3.05) is 98.3 Å². The Labute approximate surface area is 872 Å². The number of halogens is 3. The van der Waals surface area contributed by atoms with Crippen LogP contribution in [0.4, 0.5) is 11.4 Å². The van der Waals surface area contributed by atoms with Gasteiger partial charge in [0.15, 0.2) is 5.78 Å². The highest BCUT2D eigenvalue weighted by Crippen LogP contribution is 2.45. The molecule has 145 heavy (non-hydrogen) atoms. The molecule has 6 atom stereocenters. The first kappa shape index (κ1) is 111. The molecule has 8 aromatic rings. The average molecular weight is 2080 g/mol. The van der Waals surface area contributed by atoms with Crippen LogP contribution in [0, 0.1) is 34.8 Å². The molecule has 0 spiro atoms. The van der Waals surface area contributed by atoms with E-state index in [9.17, 15) is 53.3 Å². The number of likely N-dealkylation sites (N-methyl/N-ethyl adjacent to an activating group) is 1. The van der Waals surface area contributed by atoms with Crippen molar-refractivity contribution in [3.63, 3.8) is 0 Å². The van der Waals surface area contributed by atoms with Crippen molar-refractivity contribution in [3.05, 3.63) is 279 Å². The first-order valence-corrected chi connectivity index (χ1v) is 53.1. The van der Waals surface area contributed by atoms with Gasteiger partial charge in [-0.15, -0.1) is 0 Å². The lowest BCUT2D eigenvalue weighted by atomic mass is 9.92. The molecular weight excluding hydrogens is 1940 g/mol. The summed E-state index contributed by atoms with van der Waals surface area (Å²) in [5.74, 6) is 3.08. The van der Waals surface area contributed by atoms with E-state index in [4.69, 9.17) is 32.7 Å². The van der Waals surface area contributed by atoms with Crippen molar-refractivity contribution in [1.82, 2.24) is 61.0 Å². The van der Waals surface area contributed by atoms with Crippen molar-refractivity contribution in [3.8, 4) is 11.5 Å². The molecule has 4 saturated heterocycles. The third kappa shape index (κ3) is 30.6. The van der Waals surface area contributed by atoms with Gasteiger partial charge in [-0.3, -0.25) is 72.9 Å². The molecule has 6 heterocycles. The van der Waals surface area contributed by atoms with E-state index in [1.165, 1.54) is 74.3 Å². The van der Waals surface area contributed by atoms with Crippen molar-refractivity contribution in [1.29, 1.82) is 0 Å². The zero-order chi connectivity index (χ0) is 103. The summed E-state index contributed by atoms with van der Waals surface area (Å²) in [6.45, 7) is 27.5. The van der Waals surface area contributed by atoms with Crippen molar-refractivity contribution in [2.45, 2.75) is 233 Å². The van der Waals surface area contributed by atoms with Crippen LogP contribution in [0.1, 0.15) is 251 Å². The number of nitrogens with one attached hydrogen (secondary N) is 5. The van der Waals surface area contributed by atoms with Crippen LogP contribution in [0.25, 0.3) is 16.8 Å². The molecule has 5 N–H and O–H groups in total. The van der Waals surface area contributed by atoms with Crippen LogP contribution in [-0.2, 0) is 54.8 Å². The number of ketones is 1. The molecule has 2 bridgehead atoms. The van der Waals surface area contributed by atoms with Gasteiger partial charge in [-0.2, -0.15) is 0 Å². The number of piperidine rings is 2. The Bertz CT molecular complexity index is 5980. The van der Waals surface area contributed by atoms with E-state index in [2.05, 4.69) is 109 Å². The van der Waals surface area contributed by atoms with E-state index in [1.807, 2.05) is 139 Å². The first-order valence-electron chi connectivity index (χ1n) is 51.6. The molecule has 772 valence electrons. The summed E-state index contributed by atoms with van der Waals surface area (Å²) in [5.41, 5.74) is 12.4. The van der Waals surface area contributed by atoms with E-state index < -0.39 is 6.04 Å². The van der Waals surface area contributed by atoms with Gasteiger partial charge in [-0.1, -0.05) is 175 Å². The largest absolute Gasteiger partial charge is 0.497 e. The van der Waals surface area contributed by atoms with Crippen LogP contribution in [0.5, 0.6) is 11.5 Å². The number of nitro groups is 1. The van der Waals surface area contributed by atoms with Gasteiger partial charge in [0.05, 0.1) is 48.0 Å². The Morgan fingerprint density at radius 2 is 1.39 bits per heavy atom. The number of fused-ring (bicyclic) bond motifs is 4. The molecule has 7 fully saturated rings. The minimum atomic E-state index is -0.906. The number of aryl methyl sites for hydroxylation is 1. The number of aromatic nitrogens is 1. The first-order chi connectivity index (χ1) is 69.8. The second-order valence-electron chi connectivity index (χ2n) is 40.1. The summed E-state index contributed by atoms with van der Waals surface area (Å²) in [6.07, 6.45) is 24.3. The lowest BCUT2D eigenvalue weighted by molar-refractivity contribution is -0.384. The zero-order valence-corrected chi connectivity index (χ0v) is 88.8. The minimum absolute atomic E-state index is 0.00293. The van der Waals surface area contributed by atoms with Gasteiger partial charge in [0.2, 0.25) is 17.7 Å². The standard InChI is InChI=1S/C35H37N3O5.C29H38BrCl2N5O3.C21H28N2O.2C15H20N2O2/c1-24(39)23-43-31-18-15-26-20-28(14-13-27(26)21-31)33(34(40)37-29-8-4-3-5-9-29)38(35(41)32-10-6-7-19-36-32)22-25-11-16-30(42-2)17-12-25;1-17(34-14-23-24(31)12-25(32)27(23)30)13-35-29(40)22-11-20-16-37(15-19(20)10-21(22)28(39)33-2)26(38)5-4-18-6-8-36(3)9-7-18;1-16(2)19-9-7-18(8-10-19)14-20-13-17(3)23(21(20)24)15-22-11-5-4-6-12-22;18-17(19)14-5-2-11(3-6-14)7-8-16-15-10-12-1-4-13(15)9-12;1-4-16(5-2)13-10-14(18)17(15(13)19)12-8-6-7-11(3)9-12/h6-7,10-21,29,33H,3-5,8-9,22-23H2,1-2H3,(H,37,40);10-11,17-18,34H,4-9,12-16H2,1-3H3,(H,33,39)(H,35,40);7-10,14,16H,3-6,11-13,15H2,1-2H3;2-3,5-6,12-13,15-16H,1,4,7-10H2;6-9,13H,4-5,10H2,1-3H3/b;;20-14+;;/t;17-;;;/m.1.../s1. The number of methoxy groups -OCH3 is 1. The van der Waals surface area contributed by atoms with Gasteiger partial charge in [-0.25, -0.2) is 4.90 Å². The van der Waals surface area contributed by atoms with Crippen LogP contribution in [0.2, 0.25) is 0 Å². The highest BCUT2D eigenvalue weighted by Gasteiger charge is 2.44. The van der Waals surface area contributed by atoms with E-state index in [0.29, 0.717) is 108 Å². The van der Waals surface area contributed by atoms with E-state index in [1.54, 1.807) is 73.8 Å². The number of hydrogen-bond donors (Lipinski definition) is 5. The fourth-order valence-electron chi connectivity index (χ4n) is 20.7. The number of rotatable bonds is 34. The van der Waals surface area contributed by atoms with Crippen LogP contribution in [0.3, 0.4) is 0 Å². The Morgan fingerprint density at radius 3 is 2.01 bits per heavy atom. The highest BCUT2D eigenvalue weighted by atomic mass is 79.9. The number of nitro benzene ring substituents is 1. The lowest BCUT2D eigenvalue weighted by Gasteiger charge is -2.33. The van der Waals surface area contributed by atoms with Gasteiger partial charge in [0.25, 0.3) is 35.2 Å². The lowest BCUT2D eigenvalue weighted by Crippen LogP contribution is -2.47. The van der Waals surface area contributed by atoms with Gasteiger partial charge in [0, 0.05) is 121 Å². The van der Waals surface area contributed by atoms with Crippen molar-refractivity contribution in [2.24, 2.45) is 17.8 Å². The average Bonchev–Trinajstić information content (AvgIpc) is 1.71. The number of carbonyl (C=O) groups excluding carboxylic acids is 9. The Morgan fingerprint density at radius 1 is 0.724 bits per heavy atom. The predicted octanol–water partition coefficient (Wildman–Crippen LogP) is 19.8. The number of hydrogen-bond acceptors (Lipinski definition) is 19. The zero-order valence-electron chi connectivity index (χ0n) is 85.7. The topological polar surface area (TPSA) is 311 Å².